The topological polar surface area (TPSA) is 67.9 Å². The first kappa shape index (κ1) is 20.7. The highest BCUT2D eigenvalue weighted by Crippen LogP contribution is 2.56. The summed E-state index contributed by atoms with van der Waals surface area (Å²) in [5.74, 6) is 2.47. The number of amides is 1. The largest absolute Gasteiger partial charge is 0.455 e. The zero-order valence-electron chi connectivity index (χ0n) is 18.3. The fraction of sp³-hybridized carbons (Fsp3) is 0.917. The van der Waals surface area contributed by atoms with Gasteiger partial charge in [0, 0.05) is 25.2 Å². The molecule has 1 saturated heterocycles. The third-order valence-corrected chi connectivity index (χ3v) is 8.93. The van der Waals surface area contributed by atoms with Gasteiger partial charge in [-0.05, 0) is 68.6 Å². The Labute approximate surface area is 180 Å². The van der Waals surface area contributed by atoms with Gasteiger partial charge in [0.05, 0.1) is 19.1 Å². The van der Waals surface area contributed by atoms with E-state index in [0.717, 1.165) is 51.0 Å². The van der Waals surface area contributed by atoms with Crippen LogP contribution in [-0.4, -0.2) is 61.8 Å². The van der Waals surface area contributed by atoms with Gasteiger partial charge >= 0.3 is 5.97 Å². The Hall–Kier alpha value is -1.14. The molecule has 5 aliphatic carbocycles. The highest BCUT2D eigenvalue weighted by atomic mass is 16.5. The summed E-state index contributed by atoms with van der Waals surface area (Å²) in [7, 11) is 0. The van der Waals surface area contributed by atoms with Crippen LogP contribution in [0.3, 0.4) is 0 Å². The van der Waals surface area contributed by atoms with E-state index in [0.29, 0.717) is 18.4 Å². The van der Waals surface area contributed by atoms with Gasteiger partial charge in [-0.3, -0.25) is 14.5 Å². The quantitative estimate of drug-likeness (QED) is 0.672. The minimum absolute atomic E-state index is 0.0448. The van der Waals surface area contributed by atoms with E-state index in [9.17, 15) is 9.59 Å². The molecule has 0 aromatic rings. The number of hydrogen-bond acceptors (Lipinski definition) is 5. The predicted molar refractivity (Wildman–Crippen MR) is 113 cm³/mol. The SMILES string of the molecule is O=C(COC(=O)C1C2CC3CC(C2)CC1C3)NCC1(N2CCOCC2)CCCCC1. The Kier molecular flexibility index (Phi) is 6.07. The molecule has 6 rings (SSSR count). The molecule has 6 nitrogen and oxygen atoms in total. The van der Waals surface area contributed by atoms with Gasteiger partial charge in [0.25, 0.3) is 5.91 Å². The van der Waals surface area contributed by atoms with Crippen LogP contribution < -0.4 is 5.32 Å². The van der Waals surface area contributed by atoms with E-state index in [2.05, 4.69) is 10.2 Å². The molecule has 168 valence electrons. The van der Waals surface area contributed by atoms with E-state index in [4.69, 9.17) is 9.47 Å². The van der Waals surface area contributed by atoms with Crippen molar-refractivity contribution in [2.45, 2.75) is 69.7 Å². The first-order chi connectivity index (χ1) is 14.6. The fourth-order valence-electron chi connectivity index (χ4n) is 7.71. The average molecular weight is 419 g/mol. The molecule has 6 aliphatic rings. The highest BCUT2D eigenvalue weighted by molar-refractivity contribution is 5.81. The van der Waals surface area contributed by atoms with E-state index in [1.807, 2.05) is 0 Å². The first-order valence-corrected chi connectivity index (χ1v) is 12.4. The summed E-state index contributed by atoms with van der Waals surface area (Å²) >= 11 is 0. The fourth-order valence-corrected chi connectivity index (χ4v) is 7.71. The maximum absolute atomic E-state index is 12.8. The maximum atomic E-state index is 12.8. The number of carbonyl (C=O) groups excluding carboxylic acids is 2. The van der Waals surface area contributed by atoms with Crippen LogP contribution in [0.15, 0.2) is 0 Å². The third kappa shape index (κ3) is 4.14. The number of carbonyl (C=O) groups is 2. The average Bonchev–Trinajstić information content (AvgIpc) is 2.77. The number of nitrogens with one attached hydrogen (secondary N) is 1. The predicted octanol–water partition coefficient (Wildman–Crippen LogP) is 2.75. The summed E-state index contributed by atoms with van der Waals surface area (Å²) in [5, 5.41) is 3.11. The van der Waals surface area contributed by atoms with Crippen molar-refractivity contribution in [2.24, 2.45) is 29.6 Å². The molecule has 6 heteroatoms. The van der Waals surface area contributed by atoms with Crippen molar-refractivity contribution in [3.63, 3.8) is 0 Å². The zero-order chi connectivity index (χ0) is 20.6. The number of hydrogen-bond donors (Lipinski definition) is 1. The van der Waals surface area contributed by atoms with Crippen LogP contribution in [0, 0.1) is 29.6 Å². The van der Waals surface area contributed by atoms with Crippen LogP contribution in [0.4, 0.5) is 0 Å². The molecule has 1 N–H and O–H groups in total. The summed E-state index contributed by atoms with van der Waals surface area (Å²) in [6, 6.07) is 0. The Morgan fingerprint density at radius 1 is 0.933 bits per heavy atom. The number of nitrogens with zero attached hydrogens (tertiary/aromatic N) is 1. The lowest BCUT2D eigenvalue weighted by atomic mass is 9.52. The lowest BCUT2D eigenvalue weighted by Gasteiger charge is -2.53. The van der Waals surface area contributed by atoms with E-state index >= 15 is 0 Å². The van der Waals surface area contributed by atoms with E-state index in [1.165, 1.54) is 51.4 Å². The van der Waals surface area contributed by atoms with Crippen LogP contribution in [0.5, 0.6) is 0 Å². The first-order valence-electron chi connectivity index (χ1n) is 12.4. The van der Waals surface area contributed by atoms with Crippen LogP contribution >= 0.6 is 0 Å². The molecule has 0 aromatic carbocycles. The summed E-state index contributed by atoms with van der Waals surface area (Å²) in [4.78, 5) is 27.9. The van der Waals surface area contributed by atoms with Crippen LogP contribution in [0.1, 0.15) is 64.2 Å². The van der Waals surface area contributed by atoms with Crippen molar-refractivity contribution in [3.8, 4) is 0 Å². The van der Waals surface area contributed by atoms with Gasteiger partial charge in [0.15, 0.2) is 6.61 Å². The van der Waals surface area contributed by atoms with Gasteiger partial charge < -0.3 is 14.8 Å². The summed E-state index contributed by atoms with van der Waals surface area (Å²) in [6.07, 6.45) is 12.1. The monoisotopic (exact) mass is 418 g/mol. The van der Waals surface area contributed by atoms with Gasteiger partial charge in [-0.15, -0.1) is 0 Å². The molecule has 5 saturated carbocycles. The van der Waals surface area contributed by atoms with Crippen molar-refractivity contribution in [1.82, 2.24) is 10.2 Å². The summed E-state index contributed by atoms with van der Waals surface area (Å²) in [5.41, 5.74) is 0.0448. The van der Waals surface area contributed by atoms with E-state index < -0.39 is 0 Å². The molecule has 1 aliphatic heterocycles. The number of rotatable bonds is 6. The molecule has 1 heterocycles. The van der Waals surface area contributed by atoms with Crippen molar-refractivity contribution < 1.29 is 19.1 Å². The second-order valence-electron chi connectivity index (χ2n) is 10.7. The number of esters is 1. The Morgan fingerprint density at radius 3 is 2.20 bits per heavy atom. The van der Waals surface area contributed by atoms with E-state index in [1.54, 1.807) is 0 Å². The van der Waals surface area contributed by atoms with E-state index in [-0.39, 0.29) is 29.9 Å². The molecular formula is C24H38N2O4. The standard InChI is InChI=1S/C24H38N2O4/c27-21(25-16-24(4-2-1-3-5-24)26-6-8-29-9-7-26)15-30-23(28)22-19-11-17-10-18(13-19)14-20(22)12-17/h17-20,22H,1-16H2,(H,25,27). The molecule has 0 atom stereocenters. The van der Waals surface area contributed by atoms with Gasteiger partial charge in [-0.2, -0.15) is 0 Å². The smallest absolute Gasteiger partial charge is 0.310 e. The molecule has 0 radical (unpaired) electrons. The lowest BCUT2D eigenvalue weighted by molar-refractivity contribution is -0.165. The molecule has 4 bridgehead atoms. The molecule has 0 unspecified atom stereocenters. The number of ether oxygens (including phenoxy) is 2. The third-order valence-electron chi connectivity index (χ3n) is 8.93. The summed E-state index contributed by atoms with van der Waals surface area (Å²) in [6.45, 7) is 3.97. The lowest BCUT2D eigenvalue weighted by Crippen LogP contribution is -2.60. The van der Waals surface area contributed by atoms with Gasteiger partial charge in [-0.1, -0.05) is 19.3 Å². The Balaban J connectivity index is 1.12. The van der Waals surface area contributed by atoms with Crippen LogP contribution in [0.2, 0.25) is 0 Å². The van der Waals surface area contributed by atoms with Gasteiger partial charge in [-0.25, -0.2) is 0 Å². The normalized spacial score (nSPS) is 37.7. The van der Waals surface area contributed by atoms with Crippen molar-refractivity contribution >= 4 is 11.9 Å². The molecule has 0 spiro atoms. The van der Waals surface area contributed by atoms with Gasteiger partial charge in [0.1, 0.15) is 0 Å². The molecular weight excluding hydrogens is 380 g/mol. The maximum Gasteiger partial charge on any atom is 0.310 e. The van der Waals surface area contributed by atoms with Gasteiger partial charge in [0.2, 0.25) is 0 Å². The zero-order valence-corrected chi connectivity index (χ0v) is 18.3. The summed E-state index contributed by atoms with van der Waals surface area (Å²) < 4.78 is 11.1. The van der Waals surface area contributed by atoms with Crippen molar-refractivity contribution in [1.29, 1.82) is 0 Å². The molecule has 0 aromatic heterocycles. The highest BCUT2D eigenvalue weighted by Gasteiger charge is 2.51. The van der Waals surface area contributed by atoms with Crippen molar-refractivity contribution in [3.05, 3.63) is 0 Å². The second kappa shape index (κ2) is 8.78. The number of morpholine rings is 1. The molecule has 1 amide bonds. The Morgan fingerprint density at radius 2 is 1.57 bits per heavy atom. The van der Waals surface area contributed by atoms with Crippen LogP contribution in [-0.2, 0) is 19.1 Å². The molecule has 30 heavy (non-hydrogen) atoms. The van der Waals surface area contributed by atoms with Crippen LogP contribution in [0.25, 0.3) is 0 Å². The second-order valence-corrected chi connectivity index (χ2v) is 10.7. The minimum atomic E-state index is -0.148. The van der Waals surface area contributed by atoms with Crippen molar-refractivity contribution in [2.75, 3.05) is 39.5 Å². The molecule has 6 fully saturated rings. The minimum Gasteiger partial charge on any atom is -0.455 e. The Bertz CT molecular complexity index is 611.